The summed E-state index contributed by atoms with van der Waals surface area (Å²) in [6, 6.07) is 0. The second-order valence-electron chi connectivity index (χ2n) is 5.04. The minimum atomic E-state index is 0.562. The molecule has 0 aliphatic carbocycles. The first-order valence-corrected chi connectivity index (χ1v) is 6.51. The van der Waals surface area contributed by atoms with E-state index in [0.29, 0.717) is 5.92 Å². The molecule has 1 aromatic heterocycles. The van der Waals surface area contributed by atoms with Gasteiger partial charge >= 0.3 is 0 Å². The van der Waals surface area contributed by atoms with E-state index >= 15 is 0 Å². The van der Waals surface area contributed by atoms with Gasteiger partial charge in [-0.15, -0.1) is 0 Å². The molecule has 1 aromatic rings. The molecular formula is C13H23N3O. The molecule has 0 saturated carbocycles. The maximum absolute atomic E-state index is 5.34. The van der Waals surface area contributed by atoms with Crippen molar-refractivity contribution < 1.29 is 4.74 Å². The monoisotopic (exact) mass is 237 g/mol. The quantitative estimate of drug-likeness (QED) is 0.797. The lowest BCUT2D eigenvalue weighted by Crippen LogP contribution is -2.38. The average molecular weight is 237 g/mol. The third kappa shape index (κ3) is 3.30. The normalized spacial score (nSPS) is 17.9. The maximum atomic E-state index is 5.34. The van der Waals surface area contributed by atoms with Gasteiger partial charge < -0.3 is 4.74 Å². The number of morpholine rings is 1. The molecule has 4 nitrogen and oxygen atoms in total. The Kier molecular flexibility index (Phi) is 4.18. The third-order valence-electron chi connectivity index (χ3n) is 3.36. The summed E-state index contributed by atoms with van der Waals surface area (Å²) in [6.07, 6.45) is 2.19. The van der Waals surface area contributed by atoms with E-state index in [1.807, 2.05) is 0 Å². The Bertz CT molecular complexity index is 354. The van der Waals surface area contributed by atoms with Crippen molar-refractivity contribution >= 4 is 0 Å². The summed E-state index contributed by atoms with van der Waals surface area (Å²) < 4.78 is 7.43. The third-order valence-corrected chi connectivity index (χ3v) is 3.36. The Morgan fingerprint density at radius 1 is 1.29 bits per heavy atom. The molecule has 0 spiro atoms. The Morgan fingerprint density at radius 3 is 2.59 bits per heavy atom. The molecule has 1 saturated heterocycles. The van der Waals surface area contributed by atoms with Crippen LogP contribution in [0.1, 0.15) is 31.0 Å². The number of aromatic nitrogens is 2. The minimum Gasteiger partial charge on any atom is -0.379 e. The number of hydrogen-bond acceptors (Lipinski definition) is 3. The van der Waals surface area contributed by atoms with Gasteiger partial charge in [0, 0.05) is 25.8 Å². The molecule has 0 aromatic carbocycles. The van der Waals surface area contributed by atoms with E-state index < -0.39 is 0 Å². The average Bonchev–Trinajstić information content (AvgIpc) is 2.69. The maximum Gasteiger partial charge on any atom is 0.0628 e. The van der Waals surface area contributed by atoms with Gasteiger partial charge in [0.1, 0.15) is 0 Å². The van der Waals surface area contributed by atoms with Crippen molar-refractivity contribution in [2.45, 2.75) is 33.2 Å². The van der Waals surface area contributed by atoms with E-state index in [9.17, 15) is 0 Å². The molecule has 0 bridgehead atoms. The first-order chi connectivity index (χ1) is 8.16. The summed E-state index contributed by atoms with van der Waals surface area (Å²) in [6.45, 7) is 12.4. The molecule has 4 heteroatoms. The summed E-state index contributed by atoms with van der Waals surface area (Å²) in [5, 5.41) is 4.58. The van der Waals surface area contributed by atoms with Gasteiger partial charge in [-0.2, -0.15) is 5.10 Å². The zero-order valence-corrected chi connectivity index (χ0v) is 11.1. The fraction of sp³-hybridized carbons (Fsp3) is 0.769. The highest BCUT2D eigenvalue weighted by Crippen LogP contribution is 2.17. The first kappa shape index (κ1) is 12.6. The first-order valence-electron chi connectivity index (χ1n) is 6.51. The van der Waals surface area contributed by atoms with Crippen molar-refractivity contribution in [2.75, 3.05) is 32.8 Å². The van der Waals surface area contributed by atoms with Crippen LogP contribution in [0.3, 0.4) is 0 Å². The Hall–Kier alpha value is -0.870. The highest BCUT2D eigenvalue weighted by molar-refractivity contribution is 5.19. The van der Waals surface area contributed by atoms with Crippen molar-refractivity contribution in [3.8, 4) is 0 Å². The van der Waals surface area contributed by atoms with Crippen LogP contribution in [0, 0.1) is 6.92 Å². The topological polar surface area (TPSA) is 30.3 Å². The van der Waals surface area contributed by atoms with Crippen molar-refractivity contribution in [1.82, 2.24) is 14.7 Å². The lowest BCUT2D eigenvalue weighted by atomic mass is 10.1. The summed E-state index contributed by atoms with van der Waals surface area (Å²) >= 11 is 0. The number of nitrogens with zero attached hydrogens (tertiary/aromatic N) is 3. The smallest absolute Gasteiger partial charge is 0.0628 e. The number of hydrogen-bond donors (Lipinski definition) is 0. The number of ether oxygens (including phenoxy) is 1. The molecule has 2 heterocycles. The van der Waals surface area contributed by atoms with Gasteiger partial charge in [-0.05, 0) is 18.4 Å². The molecule has 0 atom stereocenters. The second kappa shape index (κ2) is 5.65. The van der Waals surface area contributed by atoms with Gasteiger partial charge in [0.25, 0.3) is 0 Å². The van der Waals surface area contributed by atoms with E-state index in [1.165, 1.54) is 11.3 Å². The molecule has 0 radical (unpaired) electrons. The van der Waals surface area contributed by atoms with E-state index in [1.54, 1.807) is 0 Å². The van der Waals surface area contributed by atoms with Gasteiger partial charge in [0.05, 0.1) is 25.5 Å². The van der Waals surface area contributed by atoms with Crippen LogP contribution < -0.4 is 0 Å². The lowest BCUT2D eigenvalue weighted by Gasteiger charge is -2.26. The molecular weight excluding hydrogens is 214 g/mol. The Morgan fingerprint density at radius 2 is 2.00 bits per heavy atom. The van der Waals surface area contributed by atoms with Crippen LogP contribution in [0.2, 0.25) is 0 Å². The standard InChI is InChI=1S/C13H23N3O/c1-11(2)13-10-16(14-12(13)3)5-4-15-6-8-17-9-7-15/h10-11H,4-9H2,1-3H3. The van der Waals surface area contributed by atoms with Gasteiger partial charge in [-0.1, -0.05) is 13.8 Å². The molecule has 1 aliphatic rings. The van der Waals surface area contributed by atoms with Gasteiger partial charge in [-0.25, -0.2) is 0 Å². The Labute approximate surface area is 104 Å². The van der Waals surface area contributed by atoms with E-state index in [2.05, 4.69) is 41.6 Å². The zero-order chi connectivity index (χ0) is 12.3. The lowest BCUT2D eigenvalue weighted by molar-refractivity contribution is 0.0359. The fourth-order valence-corrected chi connectivity index (χ4v) is 2.28. The zero-order valence-electron chi connectivity index (χ0n) is 11.1. The molecule has 2 rings (SSSR count). The van der Waals surface area contributed by atoms with Crippen molar-refractivity contribution in [3.63, 3.8) is 0 Å². The molecule has 0 unspecified atom stereocenters. The summed E-state index contributed by atoms with van der Waals surface area (Å²) in [5.41, 5.74) is 2.54. The van der Waals surface area contributed by atoms with Crippen molar-refractivity contribution in [2.24, 2.45) is 0 Å². The van der Waals surface area contributed by atoms with Gasteiger partial charge in [-0.3, -0.25) is 9.58 Å². The number of aryl methyl sites for hydroxylation is 1. The highest BCUT2D eigenvalue weighted by Gasteiger charge is 2.12. The predicted molar refractivity (Wildman–Crippen MR) is 68.3 cm³/mol. The molecule has 0 amide bonds. The van der Waals surface area contributed by atoms with Crippen LogP contribution in [0.4, 0.5) is 0 Å². The van der Waals surface area contributed by atoms with Crippen LogP contribution in [-0.4, -0.2) is 47.5 Å². The van der Waals surface area contributed by atoms with Crippen LogP contribution in [0.15, 0.2) is 6.20 Å². The van der Waals surface area contributed by atoms with Crippen LogP contribution in [-0.2, 0) is 11.3 Å². The molecule has 0 N–H and O–H groups in total. The summed E-state index contributed by atoms with van der Waals surface area (Å²) in [5.74, 6) is 0.562. The summed E-state index contributed by atoms with van der Waals surface area (Å²) in [4.78, 5) is 2.44. The van der Waals surface area contributed by atoms with E-state index in [-0.39, 0.29) is 0 Å². The van der Waals surface area contributed by atoms with E-state index in [4.69, 9.17) is 4.74 Å². The van der Waals surface area contributed by atoms with Crippen LogP contribution in [0.25, 0.3) is 0 Å². The SMILES string of the molecule is Cc1nn(CCN2CCOCC2)cc1C(C)C. The highest BCUT2D eigenvalue weighted by atomic mass is 16.5. The van der Waals surface area contributed by atoms with Gasteiger partial charge in [0.15, 0.2) is 0 Å². The Balaban J connectivity index is 1.88. The van der Waals surface area contributed by atoms with Crippen LogP contribution >= 0.6 is 0 Å². The van der Waals surface area contributed by atoms with Gasteiger partial charge in [0.2, 0.25) is 0 Å². The fourth-order valence-electron chi connectivity index (χ4n) is 2.28. The minimum absolute atomic E-state index is 0.562. The van der Waals surface area contributed by atoms with Crippen LogP contribution in [0.5, 0.6) is 0 Å². The number of rotatable bonds is 4. The van der Waals surface area contributed by atoms with E-state index in [0.717, 1.165) is 39.4 Å². The molecule has 96 valence electrons. The molecule has 1 fully saturated rings. The molecule has 1 aliphatic heterocycles. The summed E-state index contributed by atoms with van der Waals surface area (Å²) in [7, 11) is 0. The predicted octanol–water partition coefficient (Wildman–Crippen LogP) is 1.65. The van der Waals surface area contributed by atoms with Crippen molar-refractivity contribution in [3.05, 3.63) is 17.5 Å². The second-order valence-corrected chi connectivity index (χ2v) is 5.04. The molecule has 17 heavy (non-hydrogen) atoms. The largest absolute Gasteiger partial charge is 0.379 e. The van der Waals surface area contributed by atoms with Crippen molar-refractivity contribution in [1.29, 1.82) is 0 Å².